The van der Waals surface area contributed by atoms with Crippen LogP contribution in [0.2, 0.25) is 0 Å². The van der Waals surface area contributed by atoms with Crippen LogP contribution in [0.1, 0.15) is 11.1 Å². The van der Waals surface area contributed by atoms with E-state index in [4.69, 9.17) is 0 Å². The zero-order valence-electron chi connectivity index (χ0n) is 12.3. The normalized spacial score (nSPS) is 10.2. The number of benzene rings is 2. The van der Waals surface area contributed by atoms with Crippen molar-refractivity contribution in [2.24, 2.45) is 0 Å². The number of thioether (sulfide) groups is 1. The fraction of sp³-hybridized carbons (Fsp3) is 0.0526. The van der Waals surface area contributed by atoms with Crippen LogP contribution in [0.4, 0.5) is 0 Å². The maximum atomic E-state index is 11.6. The number of nitriles is 1. The minimum absolute atomic E-state index is 0.673. The first-order chi connectivity index (χ1) is 11.3. The molecule has 0 saturated carbocycles. The van der Waals surface area contributed by atoms with Crippen LogP contribution in [0.25, 0.3) is 11.1 Å². The first-order valence-corrected chi connectivity index (χ1v) is 8.16. The van der Waals surface area contributed by atoms with Gasteiger partial charge < -0.3 is 5.21 Å². The summed E-state index contributed by atoms with van der Waals surface area (Å²) in [6.45, 7) is 0. The molecular weight excluding hydrogens is 304 g/mol. The van der Waals surface area contributed by atoms with Crippen molar-refractivity contribution in [3.05, 3.63) is 89.3 Å². The van der Waals surface area contributed by atoms with Crippen molar-refractivity contribution in [1.82, 2.24) is 0 Å². The van der Waals surface area contributed by atoms with E-state index in [1.54, 1.807) is 6.07 Å². The molecule has 4 heteroatoms. The quantitative estimate of drug-likeness (QED) is 0.412. The summed E-state index contributed by atoms with van der Waals surface area (Å²) in [5.41, 5.74) is 3.77. The number of aromatic nitrogens is 1. The van der Waals surface area contributed by atoms with Crippen LogP contribution in [0, 0.1) is 16.5 Å². The van der Waals surface area contributed by atoms with E-state index in [0.717, 1.165) is 27.2 Å². The van der Waals surface area contributed by atoms with Crippen molar-refractivity contribution < 1.29 is 4.73 Å². The molecule has 0 unspecified atom stereocenters. The maximum Gasteiger partial charge on any atom is 0.251 e. The molecule has 0 N–H and O–H groups in total. The van der Waals surface area contributed by atoms with Crippen LogP contribution in [0.3, 0.4) is 0 Å². The Morgan fingerprint density at radius 2 is 1.70 bits per heavy atom. The lowest BCUT2D eigenvalue weighted by Crippen LogP contribution is -2.27. The van der Waals surface area contributed by atoms with Crippen molar-refractivity contribution in [2.45, 2.75) is 10.8 Å². The number of hydrogen-bond acceptors (Lipinski definition) is 3. The Hall–Kier alpha value is -2.77. The van der Waals surface area contributed by atoms with Gasteiger partial charge in [0.15, 0.2) is 6.20 Å². The van der Waals surface area contributed by atoms with Gasteiger partial charge in [-0.25, -0.2) is 0 Å². The predicted molar refractivity (Wildman–Crippen MR) is 91.6 cm³/mol. The molecule has 0 atom stereocenters. The van der Waals surface area contributed by atoms with E-state index in [1.165, 1.54) is 18.0 Å². The molecule has 0 amide bonds. The highest BCUT2D eigenvalue weighted by atomic mass is 32.2. The van der Waals surface area contributed by atoms with Crippen LogP contribution >= 0.6 is 11.8 Å². The Morgan fingerprint density at radius 1 is 0.957 bits per heavy atom. The molecule has 0 bridgehead atoms. The van der Waals surface area contributed by atoms with Gasteiger partial charge in [-0.1, -0.05) is 54.2 Å². The third-order valence-corrected chi connectivity index (χ3v) is 4.58. The summed E-state index contributed by atoms with van der Waals surface area (Å²) in [5, 5.41) is 21.5. The van der Waals surface area contributed by atoms with Gasteiger partial charge in [-0.2, -0.15) is 9.99 Å². The zero-order chi connectivity index (χ0) is 16.1. The summed E-state index contributed by atoms with van der Waals surface area (Å²) < 4.78 is 0.877. The topological polar surface area (TPSA) is 50.7 Å². The van der Waals surface area contributed by atoms with Crippen LogP contribution in [-0.2, 0) is 5.75 Å². The number of pyridine rings is 1. The molecule has 3 nitrogen and oxygen atoms in total. The fourth-order valence-electron chi connectivity index (χ4n) is 2.29. The van der Waals surface area contributed by atoms with E-state index < -0.39 is 0 Å². The molecule has 0 fully saturated rings. The monoisotopic (exact) mass is 318 g/mol. The molecule has 0 spiro atoms. The molecule has 1 heterocycles. The van der Waals surface area contributed by atoms with Gasteiger partial charge in [0.05, 0.1) is 11.6 Å². The van der Waals surface area contributed by atoms with Gasteiger partial charge in [0.1, 0.15) is 0 Å². The zero-order valence-corrected chi connectivity index (χ0v) is 13.2. The average molecular weight is 318 g/mol. The van der Waals surface area contributed by atoms with Gasteiger partial charge in [0, 0.05) is 17.9 Å². The molecule has 1 aromatic heterocycles. The molecule has 3 rings (SSSR count). The third kappa shape index (κ3) is 3.53. The molecule has 0 aliphatic heterocycles. The van der Waals surface area contributed by atoms with Gasteiger partial charge in [-0.05, 0) is 28.8 Å². The summed E-state index contributed by atoms with van der Waals surface area (Å²) in [4.78, 5) is 0. The fourth-order valence-corrected chi connectivity index (χ4v) is 3.16. The highest BCUT2D eigenvalue weighted by Crippen LogP contribution is 2.25. The van der Waals surface area contributed by atoms with Crippen molar-refractivity contribution in [3.8, 4) is 17.2 Å². The second kappa shape index (κ2) is 6.99. The first kappa shape index (κ1) is 15.1. The van der Waals surface area contributed by atoms with Crippen molar-refractivity contribution in [2.75, 3.05) is 0 Å². The van der Waals surface area contributed by atoms with Crippen LogP contribution in [0.15, 0.2) is 78.0 Å². The molecule has 2 aromatic carbocycles. The molecule has 0 saturated heterocycles. The lowest BCUT2D eigenvalue weighted by atomic mass is 10.00. The molecule has 0 aliphatic carbocycles. The Kier molecular flexibility index (Phi) is 4.60. The second-order valence-electron chi connectivity index (χ2n) is 5.01. The highest BCUT2D eigenvalue weighted by Gasteiger charge is 2.06. The SMILES string of the molecule is N#Cc1ccccc1-c1ccc(CSc2cccc[n+]2[O-])cc1. The maximum absolute atomic E-state index is 11.6. The minimum atomic E-state index is 0.673. The highest BCUT2D eigenvalue weighted by molar-refractivity contribution is 7.98. The van der Waals surface area contributed by atoms with E-state index in [-0.39, 0.29) is 0 Å². The van der Waals surface area contributed by atoms with Gasteiger partial charge in [-0.15, -0.1) is 0 Å². The second-order valence-corrected chi connectivity index (χ2v) is 6.00. The Morgan fingerprint density at radius 3 is 2.43 bits per heavy atom. The van der Waals surface area contributed by atoms with E-state index in [1.807, 2.05) is 60.7 Å². The molecule has 112 valence electrons. The Bertz CT molecular complexity index is 854. The first-order valence-electron chi connectivity index (χ1n) is 7.17. The standard InChI is InChI=1S/C19H14N2OS/c20-13-17-5-1-2-6-18(17)16-10-8-15(9-11-16)14-23-19-7-3-4-12-21(19)22/h1-12H,14H2. The largest absolute Gasteiger partial charge is 0.618 e. The van der Waals surface area contributed by atoms with Crippen LogP contribution in [-0.4, -0.2) is 0 Å². The smallest absolute Gasteiger partial charge is 0.251 e. The summed E-state index contributed by atoms with van der Waals surface area (Å²) in [6, 6.07) is 23.3. The van der Waals surface area contributed by atoms with Crippen molar-refractivity contribution in [1.29, 1.82) is 5.26 Å². The van der Waals surface area contributed by atoms with Crippen molar-refractivity contribution in [3.63, 3.8) is 0 Å². The molecular formula is C19H14N2OS. The number of nitrogens with zero attached hydrogens (tertiary/aromatic N) is 2. The third-order valence-electron chi connectivity index (χ3n) is 3.49. The van der Waals surface area contributed by atoms with Gasteiger partial charge >= 0.3 is 0 Å². The van der Waals surface area contributed by atoms with E-state index >= 15 is 0 Å². The van der Waals surface area contributed by atoms with E-state index in [0.29, 0.717) is 10.6 Å². The summed E-state index contributed by atoms with van der Waals surface area (Å²) in [7, 11) is 0. The average Bonchev–Trinajstić information content (AvgIpc) is 2.61. The number of rotatable bonds is 4. The molecule has 0 aliphatic rings. The Labute approximate surface area is 139 Å². The molecule has 3 aromatic rings. The van der Waals surface area contributed by atoms with Crippen molar-refractivity contribution >= 4 is 11.8 Å². The summed E-state index contributed by atoms with van der Waals surface area (Å²) in [5.74, 6) is 0.729. The lowest BCUT2D eigenvalue weighted by Gasteiger charge is -2.06. The minimum Gasteiger partial charge on any atom is -0.618 e. The molecule has 0 radical (unpaired) electrons. The summed E-state index contributed by atoms with van der Waals surface area (Å²) >= 11 is 1.51. The van der Waals surface area contributed by atoms with E-state index in [2.05, 4.69) is 6.07 Å². The van der Waals surface area contributed by atoms with Gasteiger partial charge in [0.25, 0.3) is 5.03 Å². The van der Waals surface area contributed by atoms with E-state index in [9.17, 15) is 10.5 Å². The summed E-state index contributed by atoms with van der Waals surface area (Å²) in [6.07, 6.45) is 1.50. The van der Waals surface area contributed by atoms with Gasteiger partial charge in [-0.3, -0.25) is 0 Å². The molecule has 23 heavy (non-hydrogen) atoms. The Balaban J connectivity index is 1.75. The van der Waals surface area contributed by atoms with Gasteiger partial charge in [0.2, 0.25) is 0 Å². The number of hydrogen-bond donors (Lipinski definition) is 0. The predicted octanol–water partition coefficient (Wildman–Crippen LogP) is 4.15. The lowest BCUT2D eigenvalue weighted by molar-refractivity contribution is -0.645. The van der Waals surface area contributed by atoms with Crippen LogP contribution < -0.4 is 4.73 Å². The van der Waals surface area contributed by atoms with Crippen LogP contribution in [0.5, 0.6) is 0 Å².